The first-order valence-electron chi connectivity index (χ1n) is 9.35. The quantitative estimate of drug-likeness (QED) is 0.624. The zero-order valence-corrected chi connectivity index (χ0v) is 16.1. The normalized spacial score (nSPS) is 23.1. The maximum atomic E-state index is 11.4. The van der Waals surface area contributed by atoms with Gasteiger partial charge in [0.1, 0.15) is 6.20 Å². The Morgan fingerprint density at radius 1 is 1.22 bits per heavy atom. The first kappa shape index (κ1) is 19.5. The highest BCUT2D eigenvalue weighted by Gasteiger charge is 2.38. The second kappa shape index (κ2) is 8.15. The molecule has 3 atom stereocenters. The Hall–Kier alpha value is -2.31. The summed E-state index contributed by atoms with van der Waals surface area (Å²) in [4.78, 5) is 15.0. The van der Waals surface area contributed by atoms with Crippen LogP contribution in [0.25, 0.3) is 0 Å². The molecule has 2 aromatic rings. The van der Waals surface area contributed by atoms with Gasteiger partial charge in [0, 0.05) is 18.8 Å². The number of rotatable bonds is 5. The van der Waals surface area contributed by atoms with E-state index in [1.54, 1.807) is 12.3 Å². The molecule has 6 nitrogen and oxygen atoms in total. The van der Waals surface area contributed by atoms with E-state index in [-0.39, 0.29) is 34.3 Å². The Morgan fingerprint density at radius 3 is 2.63 bits per heavy atom. The minimum atomic E-state index is -0.376. The summed E-state index contributed by atoms with van der Waals surface area (Å²) in [7, 11) is 0. The summed E-state index contributed by atoms with van der Waals surface area (Å²) in [6.45, 7) is 7.22. The summed E-state index contributed by atoms with van der Waals surface area (Å²) >= 11 is 0. The number of hydrogen-bond acceptors (Lipinski definition) is 5. The molecule has 1 aliphatic rings. The van der Waals surface area contributed by atoms with E-state index < -0.39 is 0 Å². The Labute approximate surface area is 160 Å². The van der Waals surface area contributed by atoms with Crippen LogP contribution in [0.3, 0.4) is 0 Å². The molecule has 0 saturated carbocycles. The lowest BCUT2D eigenvalue weighted by atomic mass is 9.81. The van der Waals surface area contributed by atoms with E-state index in [0.29, 0.717) is 12.0 Å². The van der Waals surface area contributed by atoms with Gasteiger partial charge in [-0.05, 0) is 29.9 Å². The van der Waals surface area contributed by atoms with E-state index >= 15 is 0 Å². The van der Waals surface area contributed by atoms with Crippen LogP contribution >= 0.6 is 0 Å². The standard InChI is InChI=1S/C21H27N3O3/c1-21(2,3)20-12-16(23-13-15-7-5-4-6-8-15)11-19(27-20)17-9-10-22-14-18(17)24(25)26/h4-10,14,16,19-20,23H,11-13H2,1-3H3. The highest BCUT2D eigenvalue weighted by Crippen LogP contribution is 2.40. The number of benzene rings is 1. The lowest BCUT2D eigenvalue weighted by Crippen LogP contribution is -2.44. The zero-order chi connectivity index (χ0) is 19.4. The molecule has 3 unspecified atom stereocenters. The molecule has 0 aliphatic carbocycles. The van der Waals surface area contributed by atoms with Gasteiger partial charge in [-0.25, -0.2) is 0 Å². The monoisotopic (exact) mass is 369 g/mol. The molecule has 0 spiro atoms. The largest absolute Gasteiger partial charge is 0.369 e. The first-order chi connectivity index (χ1) is 12.8. The van der Waals surface area contributed by atoms with E-state index in [0.717, 1.165) is 13.0 Å². The molecule has 1 fully saturated rings. The topological polar surface area (TPSA) is 77.3 Å². The second-order valence-corrected chi connectivity index (χ2v) is 8.21. The van der Waals surface area contributed by atoms with Crippen molar-refractivity contribution in [3.05, 3.63) is 70.0 Å². The van der Waals surface area contributed by atoms with E-state index in [1.807, 2.05) is 18.2 Å². The summed E-state index contributed by atoms with van der Waals surface area (Å²) < 4.78 is 6.34. The maximum absolute atomic E-state index is 11.4. The average molecular weight is 369 g/mol. The molecule has 2 heterocycles. The van der Waals surface area contributed by atoms with Crippen molar-refractivity contribution in [2.24, 2.45) is 5.41 Å². The predicted octanol–water partition coefficient (Wildman–Crippen LogP) is 4.41. The third kappa shape index (κ3) is 4.90. The minimum absolute atomic E-state index is 0.0114. The molecule has 1 aliphatic heterocycles. The lowest BCUT2D eigenvalue weighted by Gasteiger charge is -2.42. The van der Waals surface area contributed by atoms with E-state index in [9.17, 15) is 10.1 Å². The van der Waals surface area contributed by atoms with Gasteiger partial charge in [-0.1, -0.05) is 51.1 Å². The molecule has 1 aromatic heterocycles. The molecule has 1 N–H and O–H groups in total. The second-order valence-electron chi connectivity index (χ2n) is 8.21. The van der Waals surface area contributed by atoms with Crippen molar-refractivity contribution in [1.82, 2.24) is 10.3 Å². The molecule has 3 rings (SSSR count). The summed E-state index contributed by atoms with van der Waals surface area (Å²) in [6.07, 6.45) is 4.18. The Bertz CT molecular complexity index is 774. The van der Waals surface area contributed by atoms with Gasteiger partial charge in [-0.2, -0.15) is 0 Å². The summed E-state index contributed by atoms with van der Waals surface area (Å²) in [6, 6.07) is 12.2. The third-order valence-electron chi connectivity index (χ3n) is 5.11. The molecule has 6 heteroatoms. The van der Waals surface area contributed by atoms with Crippen LogP contribution in [0.5, 0.6) is 0 Å². The van der Waals surface area contributed by atoms with E-state index in [2.05, 4.69) is 43.2 Å². The first-order valence-corrected chi connectivity index (χ1v) is 9.35. The van der Waals surface area contributed by atoms with Crippen molar-refractivity contribution >= 4 is 5.69 Å². The van der Waals surface area contributed by atoms with Gasteiger partial charge in [0.05, 0.1) is 22.7 Å². The third-order valence-corrected chi connectivity index (χ3v) is 5.11. The number of hydrogen-bond donors (Lipinski definition) is 1. The van der Waals surface area contributed by atoms with Crippen LogP contribution in [0.1, 0.15) is 50.8 Å². The molecule has 0 bridgehead atoms. The molecule has 0 radical (unpaired) electrons. The van der Waals surface area contributed by atoms with Gasteiger partial charge in [-0.15, -0.1) is 0 Å². The van der Waals surface area contributed by atoms with Crippen molar-refractivity contribution in [1.29, 1.82) is 0 Å². The Kier molecular flexibility index (Phi) is 5.87. The predicted molar refractivity (Wildman–Crippen MR) is 104 cm³/mol. The fourth-order valence-electron chi connectivity index (χ4n) is 3.53. The van der Waals surface area contributed by atoms with Crippen LogP contribution in [-0.4, -0.2) is 22.1 Å². The van der Waals surface area contributed by atoms with Gasteiger partial charge >= 0.3 is 0 Å². The molecule has 1 aromatic carbocycles. The lowest BCUT2D eigenvalue weighted by molar-refractivity contribution is -0.386. The average Bonchev–Trinajstić information content (AvgIpc) is 2.66. The molecular weight excluding hydrogens is 342 g/mol. The van der Waals surface area contributed by atoms with Crippen LogP contribution in [0.15, 0.2) is 48.8 Å². The Balaban J connectivity index is 1.81. The van der Waals surface area contributed by atoms with Gasteiger partial charge in [0.25, 0.3) is 5.69 Å². The SMILES string of the molecule is CC(C)(C)C1CC(NCc2ccccc2)CC(c2ccncc2[N+](=O)[O-])O1. The molecule has 0 amide bonds. The fourth-order valence-corrected chi connectivity index (χ4v) is 3.53. The van der Waals surface area contributed by atoms with Crippen molar-refractivity contribution in [2.75, 3.05) is 0 Å². The van der Waals surface area contributed by atoms with Gasteiger partial charge < -0.3 is 10.1 Å². The smallest absolute Gasteiger partial charge is 0.293 e. The minimum Gasteiger partial charge on any atom is -0.369 e. The van der Waals surface area contributed by atoms with Crippen molar-refractivity contribution in [3.8, 4) is 0 Å². The van der Waals surface area contributed by atoms with E-state index in [4.69, 9.17) is 4.74 Å². The summed E-state index contributed by atoms with van der Waals surface area (Å²) in [5.41, 5.74) is 1.81. The molecule has 27 heavy (non-hydrogen) atoms. The molecule has 1 saturated heterocycles. The number of nitrogens with one attached hydrogen (secondary N) is 1. The van der Waals surface area contributed by atoms with Crippen molar-refractivity contribution in [3.63, 3.8) is 0 Å². The summed E-state index contributed by atoms with van der Waals surface area (Å²) in [5.74, 6) is 0. The summed E-state index contributed by atoms with van der Waals surface area (Å²) in [5, 5.41) is 15.1. The van der Waals surface area contributed by atoms with Crippen LogP contribution in [0, 0.1) is 15.5 Å². The highest BCUT2D eigenvalue weighted by atomic mass is 16.6. The van der Waals surface area contributed by atoms with Crippen LogP contribution in [-0.2, 0) is 11.3 Å². The van der Waals surface area contributed by atoms with Gasteiger partial charge in [0.2, 0.25) is 0 Å². The number of ether oxygens (including phenoxy) is 1. The van der Waals surface area contributed by atoms with Gasteiger partial charge in [0.15, 0.2) is 0 Å². The van der Waals surface area contributed by atoms with E-state index in [1.165, 1.54) is 11.8 Å². The van der Waals surface area contributed by atoms with Gasteiger partial charge in [-0.3, -0.25) is 15.1 Å². The van der Waals surface area contributed by atoms with Crippen molar-refractivity contribution < 1.29 is 9.66 Å². The van der Waals surface area contributed by atoms with Crippen LogP contribution in [0.2, 0.25) is 0 Å². The van der Waals surface area contributed by atoms with Crippen molar-refractivity contribution in [2.45, 2.75) is 58.4 Å². The maximum Gasteiger partial charge on any atom is 0.293 e. The van der Waals surface area contributed by atoms with Crippen LogP contribution < -0.4 is 5.32 Å². The number of aromatic nitrogens is 1. The highest BCUT2D eigenvalue weighted by molar-refractivity contribution is 5.39. The fraction of sp³-hybridized carbons (Fsp3) is 0.476. The Morgan fingerprint density at radius 2 is 1.96 bits per heavy atom. The van der Waals surface area contributed by atoms with Crippen LogP contribution in [0.4, 0.5) is 5.69 Å². The zero-order valence-electron chi connectivity index (χ0n) is 16.1. The molecule has 144 valence electrons. The number of pyridine rings is 1. The molecular formula is C21H27N3O3. The number of nitrogens with zero attached hydrogens (tertiary/aromatic N) is 2. The number of nitro groups is 1.